The molecule has 2 heteroatoms. The molecular formula is C14H15AlO. The van der Waals surface area contributed by atoms with Gasteiger partial charge >= 0.3 is 14.5 Å². The fourth-order valence-corrected chi connectivity index (χ4v) is 2.39. The van der Waals surface area contributed by atoms with Crippen molar-refractivity contribution in [3.05, 3.63) is 54.6 Å². The molecule has 0 unspecified atom stereocenters. The van der Waals surface area contributed by atoms with Crippen molar-refractivity contribution in [1.82, 2.24) is 0 Å². The van der Waals surface area contributed by atoms with Crippen LogP contribution in [0.1, 0.15) is 0 Å². The van der Waals surface area contributed by atoms with E-state index >= 15 is 0 Å². The zero-order chi connectivity index (χ0) is 11.4. The largest absolute Gasteiger partial charge is 0.642 e. The normalized spacial score (nSPS) is 9.88. The average Bonchev–Trinajstić information content (AvgIpc) is 2.30. The molecule has 0 aliphatic heterocycles. The molecule has 0 aromatic heterocycles. The summed E-state index contributed by atoms with van der Waals surface area (Å²) in [6, 6.07) is 18.6. The average molecular weight is 226 g/mol. The molecule has 0 spiro atoms. The zero-order valence-corrected chi connectivity index (χ0v) is 10.8. The van der Waals surface area contributed by atoms with Crippen LogP contribution in [0.2, 0.25) is 11.6 Å². The monoisotopic (exact) mass is 226 g/mol. The number of hydrogen-bond donors (Lipinski definition) is 0. The second-order valence-corrected chi connectivity index (χ2v) is 6.36. The van der Waals surface area contributed by atoms with Crippen LogP contribution < -0.4 is 3.79 Å². The summed E-state index contributed by atoms with van der Waals surface area (Å²) in [5.41, 5.74) is 2.40. The Morgan fingerprint density at radius 3 is 2.12 bits per heavy atom. The summed E-state index contributed by atoms with van der Waals surface area (Å²) < 4.78 is 5.94. The molecule has 0 atom stereocenters. The summed E-state index contributed by atoms with van der Waals surface area (Å²) in [6.45, 7) is 0. The lowest BCUT2D eigenvalue weighted by Gasteiger charge is -2.13. The van der Waals surface area contributed by atoms with Gasteiger partial charge in [0.15, 0.2) is 0 Å². The van der Waals surface area contributed by atoms with Crippen molar-refractivity contribution in [2.75, 3.05) is 0 Å². The van der Waals surface area contributed by atoms with Crippen LogP contribution in [0.25, 0.3) is 11.1 Å². The molecule has 0 saturated carbocycles. The first-order valence-electron chi connectivity index (χ1n) is 5.58. The molecule has 0 radical (unpaired) electrons. The molecule has 80 valence electrons. The van der Waals surface area contributed by atoms with E-state index in [4.69, 9.17) is 3.79 Å². The first-order valence-corrected chi connectivity index (χ1v) is 8.36. The van der Waals surface area contributed by atoms with Gasteiger partial charge in [-0.05, 0) is 11.6 Å². The summed E-state index contributed by atoms with van der Waals surface area (Å²) in [6.07, 6.45) is 0. The van der Waals surface area contributed by atoms with E-state index in [1.807, 2.05) is 12.1 Å². The smallest absolute Gasteiger partial charge is 0.540 e. The van der Waals surface area contributed by atoms with Crippen molar-refractivity contribution in [3.63, 3.8) is 0 Å². The van der Waals surface area contributed by atoms with E-state index < -0.39 is 14.5 Å². The van der Waals surface area contributed by atoms with E-state index in [-0.39, 0.29) is 0 Å². The van der Waals surface area contributed by atoms with Crippen molar-refractivity contribution in [2.24, 2.45) is 0 Å². The molecule has 0 bridgehead atoms. The predicted molar refractivity (Wildman–Crippen MR) is 70.0 cm³/mol. The molecule has 0 aliphatic rings. The second-order valence-electron chi connectivity index (χ2n) is 4.03. The number of para-hydroxylation sites is 1. The Hall–Kier alpha value is -1.23. The summed E-state index contributed by atoms with van der Waals surface area (Å²) in [4.78, 5) is 0. The third kappa shape index (κ3) is 2.67. The minimum atomic E-state index is -1.05. The van der Waals surface area contributed by atoms with Gasteiger partial charge in [-0.1, -0.05) is 60.1 Å². The van der Waals surface area contributed by atoms with E-state index in [1.165, 1.54) is 11.1 Å². The first-order chi connectivity index (χ1) is 7.77. The Morgan fingerprint density at radius 1 is 0.812 bits per heavy atom. The molecule has 0 N–H and O–H groups in total. The molecule has 2 rings (SSSR count). The van der Waals surface area contributed by atoms with Gasteiger partial charge in [0.1, 0.15) is 0 Å². The van der Waals surface area contributed by atoms with Gasteiger partial charge in [0.25, 0.3) is 0 Å². The number of rotatable bonds is 3. The van der Waals surface area contributed by atoms with Crippen LogP contribution in [-0.4, -0.2) is 14.5 Å². The molecule has 0 amide bonds. The van der Waals surface area contributed by atoms with Crippen molar-refractivity contribution in [1.29, 1.82) is 0 Å². The maximum Gasteiger partial charge on any atom is 0.540 e. The number of benzene rings is 2. The van der Waals surface area contributed by atoms with Gasteiger partial charge in [-0.15, -0.1) is 0 Å². The maximum absolute atomic E-state index is 5.94. The molecule has 16 heavy (non-hydrogen) atoms. The van der Waals surface area contributed by atoms with Gasteiger partial charge in [-0.25, -0.2) is 0 Å². The van der Waals surface area contributed by atoms with Crippen LogP contribution in [0.15, 0.2) is 54.6 Å². The van der Waals surface area contributed by atoms with E-state index in [0.717, 1.165) is 5.75 Å². The summed E-state index contributed by atoms with van der Waals surface area (Å²) in [7, 11) is 0. The lowest BCUT2D eigenvalue weighted by atomic mass is 10.1. The maximum atomic E-state index is 5.94. The fraction of sp³-hybridized carbons (Fsp3) is 0.143. The molecule has 2 aromatic carbocycles. The van der Waals surface area contributed by atoms with Crippen LogP contribution in [-0.2, 0) is 0 Å². The fourth-order valence-electron chi connectivity index (χ4n) is 1.68. The van der Waals surface area contributed by atoms with Crippen molar-refractivity contribution < 1.29 is 3.79 Å². The molecule has 0 heterocycles. The predicted octanol–water partition coefficient (Wildman–Crippen LogP) is 3.98. The minimum Gasteiger partial charge on any atom is -0.642 e. The van der Waals surface area contributed by atoms with Crippen LogP contribution >= 0.6 is 0 Å². The van der Waals surface area contributed by atoms with Crippen LogP contribution in [0, 0.1) is 0 Å². The quantitative estimate of drug-likeness (QED) is 0.719. The summed E-state index contributed by atoms with van der Waals surface area (Å²) >= 11 is -1.05. The van der Waals surface area contributed by atoms with Crippen LogP contribution in [0.5, 0.6) is 5.75 Å². The Kier molecular flexibility index (Phi) is 3.67. The van der Waals surface area contributed by atoms with E-state index in [1.54, 1.807) is 0 Å². The molecular weight excluding hydrogens is 211 g/mol. The standard InChI is InChI=1S/C12H10O.2CH3.Al/c13-12-9-5-4-8-11(12)10-6-2-1-3-7-10;;;/h1-9,13H;2*1H3;/q;;;+1/p-1. The Bertz CT molecular complexity index is 451. The second kappa shape index (κ2) is 5.21. The highest BCUT2D eigenvalue weighted by Gasteiger charge is 2.10. The number of hydrogen-bond acceptors (Lipinski definition) is 1. The molecule has 0 aliphatic carbocycles. The topological polar surface area (TPSA) is 9.23 Å². The van der Waals surface area contributed by atoms with Gasteiger partial charge in [-0.2, -0.15) is 0 Å². The first kappa shape index (κ1) is 11.3. The Morgan fingerprint density at radius 2 is 1.44 bits per heavy atom. The third-order valence-corrected chi connectivity index (χ3v) is 3.06. The van der Waals surface area contributed by atoms with E-state index in [2.05, 4.69) is 54.0 Å². The lowest BCUT2D eigenvalue weighted by Crippen LogP contribution is -2.11. The van der Waals surface area contributed by atoms with E-state index in [9.17, 15) is 0 Å². The molecule has 1 nitrogen and oxygen atoms in total. The zero-order valence-electron chi connectivity index (χ0n) is 9.68. The SMILES string of the molecule is [CH3][Al]([CH3])[O]c1ccccc1-c1ccccc1. The van der Waals surface area contributed by atoms with Gasteiger partial charge in [0, 0.05) is 5.56 Å². The van der Waals surface area contributed by atoms with Crippen molar-refractivity contribution in [2.45, 2.75) is 11.6 Å². The summed E-state index contributed by atoms with van der Waals surface area (Å²) in [5.74, 6) is 5.37. The van der Waals surface area contributed by atoms with Gasteiger partial charge < -0.3 is 3.79 Å². The Balaban J connectivity index is 2.41. The highest BCUT2D eigenvalue weighted by molar-refractivity contribution is 6.49. The third-order valence-electron chi connectivity index (χ3n) is 2.33. The van der Waals surface area contributed by atoms with Crippen LogP contribution in [0.4, 0.5) is 0 Å². The van der Waals surface area contributed by atoms with E-state index in [0.29, 0.717) is 0 Å². The minimum absolute atomic E-state index is 1.01. The highest BCUT2D eigenvalue weighted by atomic mass is 27.2. The van der Waals surface area contributed by atoms with Gasteiger partial charge in [-0.3, -0.25) is 0 Å². The molecule has 0 fully saturated rings. The van der Waals surface area contributed by atoms with Crippen LogP contribution in [0.3, 0.4) is 0 Å². The lowest BCUT2D eigenvalue weighted by molar-refractivity contribution is 0.583. The molecule has 0 saturated heterocycles. The Labute approximate surface area is 101 Å². The van der Waals surface area contributed by atoms with Gasteiger partial charge in [0.05, 0.1) is 5.75 Å². The van der Waals surface area contributed by atoms with Crippen molar-refractivity contribution >= 4 is 14.5 Å². The van der Waals surface area contributed by atoms with Crippen molar-refractivity contribution in [3.8, 4) is 16.9 Å². The highest BCUT2D eigenvalue weighted by Crippen LogP contribution is 2.29. The molecule has 2 aromatic rings. The van der Waals surface area contributed by atoms with Gasteiger partial charge in [0.2, 0.25) is 0 Å². The summed E-state index contributed by atoms with van der Waals surface area (Å²) in [5, 5.41) is 0.